The van der Waals surface area contributed by atoms with Gasteiger partial charge in [0.05, 0.1) is 11.6 Å². The van der Waals surface area contributed by atoms with Gasteiger partial charge in [-0.2, -0.15) is 5.26 Å². The maximum absolute atomic E-state index is 8.92. The van der Waals surface area contributed by atoms with Crippen LogP contribution in [0.1, 0.15) is 28.2 Å². The van der Waals surface area contributed by atoms with Crippen molar-refractivity contribution in [2.24, 2.45) is 0 Å². The summed E-state index contributed by atoms with van der Waals surface area (Å²) in [4.78, 5) is 0. The average molecular weight is 283 g/mol. The van der Waals surface area contributed by atoms with E-state index >= 15 is 0 Å². The molecule has 0 unspecified atom stereocenters. The van der Waals surface area contributed by atoms with Gasteiger partial charge in [-0.05, 0) is 35.2 Å². The highest BCUT2D eigenvalue weighted by molar-refractivity contribution is 5.37. The highest BCUT2D eigenvalue weighted by atomic mass is 14.2. The van der Waals surface area contributed by atoms with Crippen molar-refractivity contribution < 1.29 is 0 Å². The van der Waals surface area contributed by atoms with Gasteiger partial charge in [0.2, 0.25) is 0 Å². The maximum Gasteiger partial charge on any atom is 0.0991 e. The van der Waals surface area contributed by atoms with Gasteiger partial charge in [0, 0.05) is 5.92 Å². The maximum atomic E-state index is 8.92. The van der Waals surface area contributed by atoms with E-state index in [1.54, 1.807) is 0 Å². The first-order valence-electron chi connectivity index (χ1n) is 7.46. The van der Waals surface area contributed by atoms with Crippen molar-refractivity contribution in [1.82, 2.24) is 0 Å². The summed E-state index contributed by atoms with van der Waals surface area (Å²) in [5.74, 6) is 0.329. The molecular weight excluding hydrogens is 266 g/mol. The van der Waals surface area contributed by atoms with Crippen LogP contribution in [-0.2, 0) is 6.42 Å². The summed E-state index contributed by atoms with van der Waals surface area (Å²) < 4.78 is 0. The summed E-state index contributed by atoms with van der Waals surface area (Å²) in [6.07, 6.45) is 0.930. The Morgan fingerprint density at radius 2 is 1.18 bits per heavy atom. The lowest BCUT2D eigenvalue weighted by Gasteiger charge is -2.18. The summed E-state index contributed by atoms with van der Waals surface area (Å²) in [5.41, 5.74) is 4.59. The van der Waals surface area contributed by atoms with E-state index in [1.165, 1.54) is 16.7 Å². The number of rotatable bonds is 4. The Kier molecular flexibility index (Phi) is 4.32. The van der Waals surface area contributed by atoms with Gasteiger partial charge in [0.25, 0.3) is 0 Å². The van der Waals surface area contributed by atoms with Crippen molar-refractivity contribution in [3.63, 3.8) is 0 Å². The van der Waals surface area contributed by atoms with Crippen molar-refractivity contribution in [1.29, 1.82) is 5.26 Å². The molecule has 0 bridgehead atoms. The normalized spacial score (nSPS) is 10.4. The number of nitriles is 1. The predicted molar refractivity (Wildman–Crippen MR) is 89.6 cm³/mol. The first-order valence-corrected chi connectivity index (χ1v) is 7.46. The summed E-state index contributed by atoms with van der Waals surface area (Å²) in [7, 11) is 0. The molecule has 0 saturated heterocycles. The first kappa shape index (κ1) is 14.1. The third-order valence-electron chi connectivity index (χ3n) is 3.93. The first-order chi connectivity index (χ1) is 10.9. The molecule has 0 heterocycles. The van der Waals surface area contributed by atoms with Gasteiger partial charge in [-0.3, -0.25) is 0 Å². The van der Waals surface area contributed by atoms with E-state index in [1.807, 2.05) is 24.3 Å². The molecule has 1 nitrogen and oxygen atoms in total. The van der Waals surface area contributed by atoms with Gasteiger partial charge in [-0.15, -0.1) is 0 Å². The topological polar surface area (TPSA) is 23.8 Å². The molecule has 0 spiro atoms. The summed E-state index contributed by atoms with van der Waals surface area (Å²) in [6.45, 7) is 0. The molecule has 0 aliphatic carbocycles. The number of nitrogens with zero attached hydrogens (tertiary/aromatic N) is 1. The molecule has 106 valence electrons. The fraction of sp³-hybridized carbons (Fsp3) is 0.0952. The second-order valence-electron chi connectivity index (χ2n) is 5.39. The Morgan fingerprint density at radius 1 is 0.682 bits per heavy atom. The Balaban J connectivity index is 1.94. The minimum atomic E-state index is 0.329. The SMILES string of the molecule is N#Cc1ccc(CC(c2ccccc2)c2ccccc2)cc1. The van der Waals surface area contributed by atoms with E-state index in [2.05, 4.69) is 66.7 Å². The minimum absolute atomic E-state index is 0.329. The van der Waals surface area contributed by atoms with Crippen molar-refractivity contribution in [3.8, 4) is 6.07 Å². The Labute approximate surface area is 131 Å². The zero-order valence-electron chi connectivity index (χ0n) is 12.3. The van der Waals surface area contributed by atoms with E-state index in [0.717, 1.165) is 6.42 Å². The molecule has 0 atom stereocenters. The van der Waals surface area contributed by atoms with E-state index in [0.29, 0.717) is 11.5 Å². The molecule has 0 aliphatic rings. The molecule has 0 aromatic heterocycles. The van der Waals surface area contributed by atoms with Gasteiger partial charge in [-0.25, -0.2) is 0 Å². The molecule has 3 aromatic rings. The molecule has 22 heavy (non-hydrogen) atoms. The van der Waals surface area contributed by atoms with Crippen LogP contribution in [0, 0.1) is 11.3 Å². The number of hydrogen-bond acceptors (Lipinski definition) is 1. The quantitative estimate of drug-likeness (QED) is 0.665. The second-order valence-corrected chi connectivity index (χ2v) is 5.39. The van der Waals surface area contributed by atoms with Crippen LogP contribution >= 0.6 is 0 Å². The fourth-order valence-corrected chi connectivity index (χ4v) is 2.75. The Hall–Kier alpha value is -2.85. The van der Waals surface area contributed by atoms with Gasteiger partial charge in [0.1, 0.15) is 0 Å². The van der Waals surface area contributed by atoms with E-state index in [4.69, 9.17) is 5.26 Å². The predicted octanol–water partition coefficient (Wildman–Crippen LogP) is 4.93. The molecule has 0 N–H and O–H groups in total. The van der Waals surface area contributed by atoms with E-state index in [9.17, 15) is 0 Å². The molecule has 0 fully saturated rings. The van der Waals surface area contributed by atoms with Crippen LogP contribution in [0.25, 0.3) is 0 Å². The summed E-state index contributed by atoms with van der Waals surface area (Å²) in [5, 5.41) is 8.92. The summed E-state index contributed by atoms with van der Waals surface area (Å²) in [6, 6.07) is 31.2. The van der Waals surface area contributed by atoms with Crippen molar-refractivity contribution >= 4 is 0 Å². The van der Waals surface area contributed by atoms with Crippen LogP contribution in [0.3, 0.4) is 0 Å². The molecule has 3 aromatic carbocycles. The van der Waals surface area contributed by atoms with Crippen LogP contribution in [-0.4, -0.2) is 0 Å². The van der Waals surface area contributed by atoms with Crippen molar-refractivity contribution in [3.05, 3.63) is 107 Å². The molecular formula is C21H17N. The van der Waals surface area contributed by atoms with Gasteiger partial charge in [-0.1, -0.05) is 72.8 Å². The average Bonchev–Trinajstić information content (AvgIpc) is 2.62. The zero-order chi connectivity index (χ0) is 15.2. The van der Waals surface area contributed by atoms with Crippen LogP contribution in [0.4, 0.5) is 0 Å². The van der Waals surface area contributed by atoms with E-state index < -0.39 is 0 Å². The zero-order valence-corrected chi connectivity index (χ0v) is 12.3. The second kappa shape index (κ2) is 6.74. The van der Waals surface area contributed by atoms with Crippen molar-refractivity contribution in [2.75, 3.05) is 0 Å². The Bertz CT molecular complexity index is 713. The number of hydrogen-bond donors (Lipinski definition) is 0. The lowest BCUT2D eigenvalue weighted by atomic mass is 9.86. The molecule has 1 heteroatoms. The van der Waals surface area contributed by atoms with Crippen LogP contribution < -0.4 is 0 Å². The lowest BCUT2D eigenvalue weighted by molar-refractivity contribution is 0.805. The molecule has 0 saturated carbocycles. The summed E-state index contributed by atoms with van der Waals surface area (Å²) >= 11 is 0. The van der Waals surface area contributed by atoms with Gasteiger partial charge in [0.15, 0.2) is 0 Å². The van der Waals surface area contributed by atoms with Gasteiger partial charge < -0.3 is 0 Å². The lowest BCUT2D eigenvalue weighted by Crippen LogP contribution is -2.05. The monoisotopic (exact) mass is 283 g/mol. The van der Waals surface area contributed by atoms with Crippen molar-refractivity contribution in [2.45, 2.75) is 12.3 Å². The molecule has 0 aliphatic heterocycles. The molecule has 3 rings (SSSR count). The van der Waals surface area contributed by atoms with Gasteiger partial charge >= 0.3 is 0 Å². The highest BCUT2D eigenvalue weighted by Gasteiger charge is 2.14. The largest absolute Gasteiger partial charge is 0.192 e. The van der Waals surface area contributed by atoms with Crippen LogP contribution in [0.5, 0.6) is 0 Å². The molecule has 0 amide bonds. The minimum Gasteiger partial charge on any atom is -0.192 e. The van der Waals surface area contributed by atoms with E-state index in [-0.39, 0.29) is 0 Å². The van der Waals surface area contributed by atoms with Crippen LogP contribution in [0.2, 0.25) is 0 Å². The Morgan fingerprint density at radius 3 is 1.64 bits per heavy atom. The van der Waals surface area contributed by atoms with Crippen LogP contribution in [0.15, 0.2) is 84.9 Å². The molecule has 0 radical (unpaired) electrons. The third-order valence-corrected chi connectivity index (χ3v) is 3.93. The smallest absolute Gasteiger partial charge is 0.0991 e. The highest BCUT2D eigenvalue weighted by Crippen LogP contribution is 2.28. The fourth-order valence-electron chi connectivity index (χ4n) is 2.75. The number of benzene rings is 3. The standard InChI is InChI=1S/C21H17N/c22-16-18-13-11-17(12-14-18)15-21(19-7-3-1-4-8-19)20-9-5-2-6-10-20/h1-14,21H,15H2. The third kappa shape index (κ3) is 3.24.